The van der Waals surface area contributed by atoms with Crippen LogP contribution < -0.4 is 19.7 Å². The molecule has 1 fully saturated rings. The van der Waals surface area contributed by atoms with Crippen molar-refractivity contribution in [3.63, 3.8) is 0 Å². The molecule has 6 nitrogen and oxygen atoms in total. The Morgan fingerprint density at radius 2 is 1.89 bits per heavy atom. The quantitative estimate of drug-likeness (QED) is 0.811. The Morgan fingerprint density at radius 1 is 1.11 bits per heavy atom. The van der Waals surface area contributed by atoms with Crippen LogP contribution in [0.4, 0.5) is 10.5 Å². The van der Waals surface area contributed by atoms with E-state index in [1.807, 2.05) is 36.4 Å². The van der Waals surface area contributed by atoms with E-state index in [0.717, 1.165) is 30.8 Å². The fraction of sp³-hybridized carbons (Fsp3) is 0.381. The first-order chi connectivity index (χ1) is 13.2. The molecule has 144 valence electrons. The Balaban J connectivity index is 1.41. The summed E-state index contributed by atoms with van der Waals surface area (Å²) in [5, 5.41) is 2.83. The maximum absolute atomic E-state index is 12.1. The van der Waals surface area contributed by atoms with Crippen LogP contribution in [0.25, 0.3) is 0 Å². The molecule has 3 rings (SSSR count). The topological polar surface area (TPSA) is 60.0 Å². The highest BCUT2D eigenvalue weighted by Gasteiger charge is 2.25. The van der Waals surface area contributed by atoms with Gasteiger partial charge in [0.15, 0.2) is 11.5 Å². The maximum atomic E-state index is 12.1. The Bertz CT molecular complexity index is 751. The van der Waals surface area contributed by atoms with Crippen molar-refractivity contribution in [3.05, 3.63) is 54.1 Å². The smallest absolute Gasteiger partial charge is 0.407 e. The van der Waals surface area contributed by atoms with Gasteiger partial charge < -0.3 is 24.4 Å². The first-order valence-corrected chi connectivity index (χ1v) is 9.15. The number of hydrogen-bond acceptors (Lipinski definition) is 5. The van der Waals surface area contributed by atoms with E-state index in [1.54, 1.807) is 14.2 Å². The van der Waals surface area contributed by atoms with Crippen LogP contribution in [0.15, 0.2) is 48.5 Å². The van der Waals surface area contributed by atoms with Crippen molar-refractivity contribution in [1.82, 2.24) is 5.32 Å². The molecule has 1 aliphatic rings. The van der Waals surface area contributed by atoms with E-state index >= 15 is 0 Å². The lowest BCUT2D eigenvalue weighted by Gasteiger charge is -2.18. The molecule has 0 spiro atoms. The molecule has 0 aliphatic carbocycles. The van der Waals surface area contributed by atoms with Crippen LogP contribution in [-0.4, -0.2) is 46.1 Å². The van der Waals surface area contributed by atoms with Crippen LogP contribution in [0.1, 0.15) is 12.0 Å². The average molecular weight is 370 g/mol. The minimum absolute atomic E-state index is 0.0775. The second kappa shape index (κ2) is 9.16. The lowest BCUT2D eigenvalue weighted by Crippen LogP contribution is -2.32. The van der Waals surface area contributed by atoms with E-state index in [-0.39, 0.29) is 12.2 Å². The highest BCUT2D eigenvalue weighted by atomic mass is 16.6. The molecule has 1 amide bonds. The number of carbonyl (C=O) groups is 1. The normalized spacial score (nSPS) is 16.1. The van der Waals surface area contributed by atoms with E-state index in [0.29, 0.717) is 24.5 Å². The zero-order valence-corrected chi connectivity index (χ0v) is 15.8. The van der Waals surface area contributed by atoms with Gasteiger partial charge >= 0.3 is 6.09 Å². The number of anilines is 1. The van der Waals surface area contributed by atoms with Gasteiger partial charge in [0, 0.05) is 25.2 Å². The molecule has 1 unspecified atom stereocenters. The molecule has 0 bridgehead atoms. The van der Waals surface area contributed by atoms with Gasteiger partial charge in [-0.15, -0.1) is 0 Å². The summed E-state index contributed by atoms with van der Waals surface area (Å²) in [5.74, 6) is 1.38. The van der Waals surface area contributed by atoms with Gasteiger partial charge in [0.25, 0.3) is 0 Å². The SMILES string of the molecule is COc1ccc(CCNC(=O)OC2CCN(c3ccccc3)C2)cc1OC. The van der Waals surface area contributed by atoms with Crippen molar-refractivity contribution in [2.24, 2.45) is 0 Å². The van der Waals surface area contributed by atoms with Crippen LogP contribution in [0.2, 0.25) is 0 Å². The highest BCUT2D eigenvalue weighted by molar-refractivity contribution is 5.67. The van der Waals surface area contributed by atoms with Crippen LogP contribution in [0, 0.1) is 0 Å². The van der Waals surface area contributed by atoms with Gasteiger partial charge in [-0.2, -0.15) is 0 Å². The maximum Gasteiger partial charge on any atom is 0.407 e. The average Bonchev–Trinajstić information content (AvgIpc) is 3.17. The Hall–Kier alpha value is -2.89. The molecule has 1 saturated heterocycles. The third kappa shape index (κ3) is 5.06. The Labute approximate surface area is 160 Å². The lowest BCUT2D eigenvalue weighted by molar-refractivity contribution is 0.108. The summed E-state index contributed by atoms with van der Waals surface area (Å²) in [5.41, 5.74) is 2.22. The molecule has 0 aromatic heterocycles. The number of hydrogen-bond donors (Lipinski definition) is 1. The molecule has 2 aromatic carbocycles. The number of nitrogens with one attached hydrogen (secondary N) is 1. The summed E-state index contributed by atoms with van der Waals surface area (Å²) in [6.07, 6.45) is 1.09. The third-order valence-electron chi connectivity index (χ3n) is 4.67. The Morgan fingerprint density at radius 3 is 2.63 bits per heavy atom. The molecular weight excluding hydrogens is 344 g/mol. The summed E-state index contributed by atoms with van der Waals surface area (Å²) in [6.45, 7) is 2.13. The molecule has 6 heteroatoms. The van der Waals surface area contributed by atoms with Crippen molar-refractivity contribution in [2.75, 3.05) is 38.8 Å². The van der Waals surface area contributed by atoms with Crippen LogP contribution >= 0.6 is 0 Å². The number of carbonyl (C=O) groups excluding carboxylic acids is 1. The molecule has 2 aromatic rings. The lowest BCUT2D eigenvalue weighted by atomic mass is 10.1. The van der Waals surface area contributed by atoms with E-state index in [9.17, 15) is 4.79 Å². The van der Waals surface area contributed by atoms with Gasteiger partial charge in [-0.3, -0.25) is 0 Å². The number of ether oxygens (including phenoxy) is 3. The van der Waals surface area contributed by atoms with Gasteiger partial charge in [0.2, 0.25) is 0 Å². The summed E-state index contributed by atoms with van der Waals surface area (Å²) in [7, 11) is 3.22. The number of amides is 1. The first kappa shape index (κ1) is 18.9. The number of methoxy groups -OCH3 is 2. The molecule has 1 heterocycles. The van der Waals surface area contributed by atoms with E-state index in [4.69, 9.17) is 14.2 Å². The number of alkyl carbamates (subject to hydrolysis) is 1. The molecule has 1 aliphatic heterocycles. The number of benzene rings is 2. The van der Waals surface area contributed by atoms with Crippen molar-refractivity contribution in [2.45, 2.75) is 18.9 Å². The van der Waals surface area contributed by atoms with E-state index < -0.39 is 0 Å². The Kier molecular flexibility index (Phi) is 6.41. The molecular formula is C21H26N2O4. The summed E-state index contributed by atoms with van der Waals surface area (Å²) in [4.78, 5) is 14.3. The monoisotopic (exact) mass is 370 g/mol. The van der Waals surface area contributed by atoms with E-state index in [2.05, 4.69) is 22.3 Å². The van der Waals surface area contributed by atoms with Crippen molar-refractivity contribution < 1.29 is 19.0 Å². The van der Waals surface area contributed by atoms with Gasteiger partial charge in [-0.05, 0) is 36.2 Å². The summed E-state index contributed by atoms with van der Waals surface area (Å²) >= 11 is 0. The predicted molar refractivity (Wildman–Crippen MR) is 105 cm³/mol. The molecule has 1 N–H and O–H groups in total. The zero-order valence-electron chi connectivity index (χ0n) is 15.8. The third-order valence-corrected chi connectivity index (χ3v) is 4.67. The van der Waals surface area contributed by atoms with Crippen molar-refractivity contribution in [3.8, 4) is 11.5 Å². The molecule has 0 radical (unpaired) electrons. The number of nitrogens with zero attached hydrogens (tertiary/aromatic N) is 1. The molecule has 0 saturated carbocycles. The predicted octanol–water partition coefficient (Wildman–Crippen LogP) is 3.25. The minimum Gasteiger partial charge on any atom is -0.493 e. The van der Waals surface area contributed by atoms with Crippen molar-refractivity contribution >= 4 is 11.8 Å². The first-order valence-electron chi connectivity index (χ1n) is 9.15. The van der Waals surface area contributed by atoms with Crippen molar-refractivity contribution in [1.29, 1.82) is 0 Å². The van der Waals surface area contributed by atoms with Gasteiger partial charge in [0.1, 0.15) is 6.10 Å². The van der Waals surface area contributed by atoms with Crippen LogP contribution in [0.3, 0.4) is 0 Å². The molecule has 1 atom stereocenters. The van der Waals surface area contributed by atoms with Gasteiger partial charge in [-0.1, -0.05) is 24.3 Å². The second-order valence-electron chi connectivity index (χ2n) is 6.46. The number of rotatable bonds is 7. The number of para-hydroxylation sites is 1. The fourth-order valence-corrected chi connectivity index (χ4v) is 3.24. The van der Waals surface area contributed by atoms with Gasteiger partial charge in [0.05, 0.1) is 20.8 Å². The molecule has 27 heavy (non-hydrogen) atoms. The summed E-state index contributed by atoms with van der Waals surface area (Å²) < 4.78 is 16.1. The zero-order chi connectivity index (χ0) is 19.1. The second-order valence-corrected chi connectivity index (χ2v) is 6.46. The van der Waals surface area contributed by atoms with E-state index in [1.165, 1.54) is 0 Å². The standard InChI is InChI=1S/C21H26N2O4/c1-25-19-9-8-16(14-20(19)26-2)10-12-22-21(24)27-18-11-13-23(15-18)17-6-4-3-5-7-17/h3-9,14,18H,10-13,15H2,1-2H3,(H,22,24). The largest absolute Gasteiger partial charge is 0.493 e. The minimum atomic E-state index is -0.365. The van der Waals surface area contributed by atoms with Gasteiger partial charge in [-0.25, -0.2) is 4.79 Å². The van der Waals surface area contributed by atoms with Crippen LogP contribution in [-0.2, 0) is 11.2 Å². The summed E-state index contributed by atoms with van der Waals surface area (Å²) in [6, 6.07) is 15.9. The fourth-order valence-electron chi connectivity index (χ4n) is 3.24. The highest BCUT2D eigenvalue weighted by Crippen LogP contribution is 2.27. The van der Waals surface area contributed by atoms with Crippen LogP contribution in [0.5, 0.6) is 11.5 Å².